The Morgan fingerprint density at radius 1 is 0.922 bits per heavy atom. The lowest BCUT2D eigenvalue weighted by Crippen LogP contribution is -2.39. The molecule has 1 unspecified atom stereocenters. The van der Waals surface area contributed by atoms with Crippen LogP contribution < -0.4 is 19.7 Å². The fourth-order valence-electron chi connectivity index (χ4n) is 6.77. The zero-order valence-electron chi connectivity index (χ0n) is 28.9. The second-order valence-corrected chi connectivity index (χ2v) is 14.3. The van der Waals surface area contributed by atoms with Gasteiger partial charge < -0.3 is 24.0 Å². The van der Waals surface area contributed by atoms with Gasteiger partial charge in [-0.05, 0) is 67.9 Å². The molecule has 0 radical (unpaired) electrons. The van der Waals surface area contributed by atoms with Crippen molar-refractivity contribution >= 4 is 34.2 Å². The van der Waals surface area contributed by atoms with Crippen molar-refractivity contribution in [2.24, 2.45) is 5.92 Å². The Balaban J connectivity index is 0.839. The number of hydrogen-bond acceptors (Lipinski definition) is 9. The number of nitrogens with zero attached hydrogens (tertiary/aromatic N) is 3. The highest BCUT2D eigenvalue weighted by Crippen LogP contribution is 2.37. The van der Waals surface area contributed by atoms with Crippen LogP contribution in [-0.4, -0.2) is 80.2 Å². The highest BCUT2D eigenvalue weighted by Gasteiger charge is 2.28. The van der Waals surface area contributed by atoms with Gasteiger partial charge in [-0.1, -0.05) is 31.4 Å². The van der Waals surface area contributed by atoms with E-state index in [-0.39, 0.29) is 36.0 Å². The lowest BCUT2D eigenvalue weighted by molar-refractivity contribution is -0.134. The molecule has 3 amide bonds. The molecule has 4 heterocycles. The van der Waals surface area contributed by atoms with Crippen molar-refractivity contribution in [3.05, 3.63) is 59.0 Å². The molecular weight excluding hydrogens is 679 g/mol. The molecule has 0 aliphatic carbocycles. The average molecular weight is 725 g/mol. The maximum atomic E-state index is 14.8. The minimum Gasteiger partial charge on any atom is -0.493 e. The Hall–Kier alpha value is -4.10. The van der Waals surface area contributed by atoms with Gasteiger partial charge in [0.2, 0.25) is 23.5 Å². The monoisotopic (exact) mass is 724 g/mol. The number of unbranched alkanes of at least 4 members (excludes halogenated alkanes) is 4. The zero-order chi connectivity index (χ0) is 35.6. The van der Waals surface area contributed by atoms with Crippen LogP contribution in [-0.2, 0) is 19.1 Å². The van der Waals surface area contributed by atoms with Crippen molar-refractivity contribution in [2.75, 3.05) is 57.5 Å². The third kappa shape index (κ3) is 9.82. The highest BCUT2D eigenvalue weighted by molar-refractivity contribution is 7.14. The first-order chi connectivity index (χ1) is 24.9. The molecule has 6 rings (SSSR count). The molecule has 3 fully saturated rings. The number of carbonyl (C=O) groups is 3. The first-order valence-corrected chi connectivity index (χ1v) is 19.0. The van der Waals surface area contributed by atoms with E-state index in [4.69, 9.17) is 14.2 Å². The van der Waals surface area contributed by atoms with Crippen LogP contribution in [0.5, 0.6) is 11.5 Å². The minimum atomic E-state index is -0.998. The summed E-state index contributed by atoms with van der Waals surface area (Å²) >= 11 is 1.47. The predicted octanol–water partition coefficient (Wildman–Crippen LogP) is 6.48. The smallest absolute Gasteiger partial charge is 0.234 e. The van der Waals surface area contributed by atoms with Crippen LogP contribution in [0.4, 0.5) is 13.9 Å². The van der Waals surface area contributed by atoms with Gasteiger partial charge in [-0.25, -0.2) is 9.37 Å². The molecule has 3 aromatic rings. The van der Waals surface area contributed by atoms with Gasteiger partial charge in [0.05, 0.1) is 38.0 Å². The Labute approximate surface area is 301 Å². The van der Waals surface area contributed by atoms with Crippen molar-refractivity contribution in [1.29, 1.82) is 0 Å². The summed E-state index contributed by atoms with van der Waals surface area (Å²) in [5.74, 6) is -1.51. The number of piperidine rings is 2. The van der Waals surface area contributed by atoms with E-state index in [0.29, 0.717) is 62.7 Å². The van der Waals surface area contributed by atoms with Gasteiger partial charge in [-0.3, -0.25) is 19.7 Å². The molecule has 0 spiro atoms. The molecule has 1 atom stereocenters. The number of carbonyl (C=O) groups excluding carboxylic acids is 3. The van der Waals surface area contributed by atoms with E-state index in [0.717, 1.165) is 87.2 Å². The number of likely N-dealkylation sites (tertiary alicyclic amines) is 1. The SMILES string of the molecule is O=C1CCC(c2ccc(OCC3CCN(C(=O)CCCCCCCOc4c(-c5csc(N6CCOCC6)n5)ccc(F)c4F)CC3)cc2)C(=O)N1. The largest absolute Gasteiger partial charge is 0.493 e. The summed E-state index contributed by atoms with van der Waals surface area (Å²) in [6.45, 7) is 5.06. The predicted molar refractivity (Wildman–Crippen MR) is 190 cm³/mol. The van der Waals surface area contributed by atoms with Crippen molar-refractivity contribution in [2.45, 2.75) is 70.1 Å². The number of aromatic nitrogens is 1. The van der Waals surface area contributed by atoms with E-state index in [1.807, 2.05) is 34.5 Å². The first-order valence-electron chi connectivity index (χ1n) is 18.1. The van der Waals surface area contributed by atoms with Crippen LogP contribution in [0.25, 0.3) is 11.3 Å². The number of nitrogens with one attached hydrogen (secondary N) is 1. The number of anilines is 1. The zero-order valence-corrected chi connectivity index (χ0v) is 29.7. The second kappa shape index (κ2) is 17.9. The fraction of sp³-hybridized carbons (Fsp3) is 0.526. The quantitative estimate of drug-likeness (QED) is 0.140. The molecule has 51 heavy (non-hydrogen) atoms. The number of thiazole rings is 1. The Kier molecular flexibility index (Phi) is 12.9. The number of halogens is 2. The molecule has 13 heteroatoms. The summed E-state index contributed by atoms with van der Waals surface area (Å²) in [7, 11) is 0. The van der Waals surface area contributed by atoms with E-state index in [2.05, 4.69) is 15.2 Å². The number of rotatable bonds is 15. The number of imide groups is 1. The van der Waals surface area contributed by atoms with Crippen LogP contribution in [0.3, 0.4) is 0 Å². The van der Waals surface area contributed by atoms with Crippen molar-refractivity contribution < 1.29 is 37.4 Å². The molecule has 3 aliphatic rings. The van der Waals surface area contributed by atoms with Gasteiger partial charge in [-0.2, -0.15) is 4.39 Å². The van der Waals surface area contributed by atoms with Gasteiger partial charge >= 0.3 is 0 Å². The van der Waals surface area contributed by atoms with Gasteiger partial charge in [-0.15, -0.1) is 11.3 Å². The van der Waals surface area contributed by atoms with E-state index >= 15 is 0 Å². The summed E-state index contributed by atoms with van der Waals surface area (Å²) in [6, 6.07) is 10.2. The lowest BCUT2D eigenvalue weighted by Gasteiger charge is -2.32. The summed E-state index contributed by atoms with van der Waals surface area (Å²) in [4.78, 5) is 45.1. The minimum absolute atomic E-state index is 0.101. The maximum absolute atomic E-state index is 14.8. The molecule has 1 N–H and O–H groups in total. The van der Waals surface area contributed by atoms with Crippen molar-refractivity contribution in [1.82, 2.24) is 15.2 Å². The van der Waals surface area contributed by atoms with E-state index < -0.39 is 11.6 Å². The van der Waals surface area contributed by atoms with Gasteiger partial charge in [0, 0.05) is 50.0 Å². The summed E-state index contributed by atoms with van der Waals surface area (Å²) in [6.07, 6.45) is 7.40. The van der Waals surface area contributed by atoms with Crippen LogP contribution in [0.2, 0.25) is 0 Å². The second-order valence-electron chi connectivity index (χ2n) is 13.4. The standard InChI is InChI=1S/C38H46F2N4O6S/c39-31-13-11-30(32-25-51-38(41-32)44-19-22-48-23-20-44)36(35(31)40)49-21-5-3-1-2-4-6-34(46)43-17-15-26(16-18-43)24-50-28-9-7-27(8-10-28)29-12-14-33(45)42-37(29)47/h7-11,13,25-26,29H,1-6,12,14-24H2,(H,42,45,47). The normalized spacial score (nSPS) is 18.5. The molecule has 10 nitrogen and oxygen atoms in total. The Bertz CT molecular complexity index is 1640. The maximum Gasteiger partial charge on any atom is 0.234 e. The van der Waals surface area contributed by atoms with E-state index in [1.165, 1.54) is 17.4 Å². The first kappa shape index (κ1) is 36.7. The average Bonchev–Trinajstić information content (AvgIpc) is 3.65. The van der Waals surface area contributed by atoms with E-state index in [1.54, 1.807) is 0 Å². The van der Waals surface area contributed by atoms with Gasteiger partial charge in [0.15, 0.2) is 16.7 Å². The van der Waals surface area contributed by atoms with Crippen LogP contribution in [0.15, 0.2) is 41.8 Å². The number of morpholine rings is 1. The molecule has 274 valence electrons. The van der Waals surface area contributed by atoms with Crippen molar-refractivity contribution in [3.8, 4) is 22.8 Å². The molecule has 0 bridgehead atoms. The number of ether oxygens (including phenoxy) is 3. The third-order valence-corrected chi connectivity index (χ3v) is 10.8. The summed E-state index contributed by atoms with van der Waals surface area (Å²) in [5, 5.41) is 5.07. The number of hydrogen-bond donors (Lipinski definition) is 1. The summed E-state index contributed by atoms with van der Waals surface area (Å²) in [5.41, 5.74) is 1.89. The van der Waals surface area contributed by atoms with Gasteiger partial charge in [0.25, 0.3) is 0 Å². The van der Waals surface area contributed by atoms with Gasteiger partial charge in [0.1, 0.15) is 5.75 Å². The van der Waals surface area contributed by atoms with Crippen molar-refractivity contribution in [3.63, 3.8) is 0 Å². The number of benzene rings is 2. The molecule has 0 saturated carbocycles. The van der Waals surface area contributed by atoms with Crippen LogP contribution in [0.1, 0.15) is 75.7 Å². The Morgan fingerprint density at radius 3 is 2.43 bits per heavy atom. The Morgan fingerprint density at radius 2 is 1.67 bits per heavy atom. The fourth-order valence-corrected chi connectivity index (χ4v) is 7.65. The molecular formula is C38H46F2N4O6S. The van der Waals surface area contributed by atoms with E-state index in [9.17, 15) is 23.2 Å². The topological polar surface area (TPSA) is 110 Å². The van der Waals surface area contributed by atoms with Crippen LogP contribution in [0, 0.1) is 17.6 Å². The molecule has 3 aliphatic heterocycles. The highest BCUT2D eigenvalue weighted by atomic mass is 32.1. The molecule has 1 aromatic heterocycles. The lowest BCUT2D eigenvalue weighted by atomic mass is 9.90. The number of amides is 3. The third-order valence-electron chi connectivity index (χ3n) is 9.86. The summed E-state index contributed by atoms with van der Waals surface area (Å²) < 4.78 is 46.2. The van der Waals surface area contributed by atoms with Crippen LogP contribution >= 0.6 is 11.3 Å². The molecule has 2 aromatic carbocycles. The molecule has 3 saturated heterocycles.